The number of ether oxygens (including phenoxy) is 1. The summed E-state index contributed by atoms with van der Waals surface area (Å²) in [5.41, 5.74) is 0.667. The average molecular weight is 279 g/mol. The van der Waals surface area contributed by atoms with Gasteiger partial charge in [0.1, 0.15) is 5.82 Å². The Morgan fingerprint density at radius 3 is 2.70 bits per heavy atom. The van der Waals surface area contributed by atoms with Crippen molar-refractivity contribution in [2.75, 3.05) is 19.8 Å². The van der Waals surface area contributed by atoms with Crippen LogP contribution in [0, 0.1) is 5.82 Å². The van der Waals surface area contributed by atoms with E-state index in [1.807, 2.05) is 0 Å². The number of nitrogens with zero attached hydrogens (tertiary/aromatic N) is 1. The molecule has 1 amide bonds. The second-order valence-corrected chi connectivity index (χ2v) is 4.35. The largest absolute Gasteiger partial charge is 0.480 e. The Balaban J connectivity index is 2.06. The Hall–Kier alpha value is -2.21. The van der Waals surface area contributed by atoms with Crippen LogP contribution in [0.1, 0.15) is 5.56 Å². The fraction of sp³-hybridized carbons (Fsp3) is 0.286. The summed E-state index contributed by atoms with van der Waals surface area (Å²) in [6.45, 7) is 0.551. The lowest BCUT2D eigenvalue weighted by Crippen LogP contribution is -2.52. The summed E-state index contributed by atoms with van der Waals surface area (Å²) in [5.74, 6) is -1.84. The van der Waals surface area contributed by atoms with Crippen LogP contribution < -0.4 is 0 Å². The number of aliphatic carboxylic acids is 1. The lowest BCUT2D eigenvalue weighted by Gasteiger charge is -2.31. The van der Waals surface area contributed by atoms with E-state index in [9.17, 15) is 14.0 Å². The molecule has 1 N–H and O–H groups in total. The van der Waals surface area contributed by atoms with Gasteiger partial charge in [-0.05, 0) is 23.8 Å². The van der Waals surface area contributed by atoms with Gasteiger partial charge in [-0.3, -0.25) is 4.79 Å². The average Bonchev–Trinajstić information content (AvgIpc) is 2.46. The summed E-state index contributed by atoms with van der Waals surface area (Å²) in [5, 5.41) is 9.03. The standard InChI is InChI=1S/C14H14FNO4/c15-11-4-1-10(2-5-11)3-6-13(17)16-7-8-20-9-12(16)14(18)19/h1-6,12H,7-9H2,(H,18,19)/b6-3-/t12-/m1/s1. The highest BCUT2D eigenvalue weighted by Gasteiger charge is 2.31. The number of carbonyl (C=O) groups excluding carboxylic acids is 1. The first kappa shape index (κ1) is 14.2. The monoisotopic (exact) mass is 279 g/mol. The van der Waals surface area contributed by atoms with Crippen LogP contribution in [0.25, 0.3) is 6.08 Å². The molecule has 1 aromatic carbocycles. The van der Waals surface area contributed by atoms with E-state index < -0.39 is 17.9 Å². The smallest absolute Gasteiger partial charge is 0.328 e. The Labute approximate surface area is 115 Å². The van der Waals surface area contributed by atoms with Crippen LogP contribution in [0.3, 0.4) is 0 Å². The summed E-state index contributed by atoms with van der Waals surface area (Å²) < 4.78 is 17.8. The van der Waals surface area contributed by atoms with Crippen LogP contribution in [-0.4, -0.2) is 47.7 Å². The van der Waals surface area contributed by atoms with E-state index in [1.165, 1.54) is 41.3 Å². The number of carboxylic acid groups (broad SMARTS) is 1. The number of carboxylic acids is 1. The molecule has 0 unspecified atom stereocenters. The first-order valence-electron chi connectivity index (χ1n) is 6.13. The van der Waals surface area contributed by atoms with Crippen LogP contribution in [0.15, 0.2) is 30.3 Å². The van der Waals surface area contributed by atoms with E-state index >= 15 is 0 Å². The number of hydrogen-bond acceptors (Lipinski definition) is 3. The molecule has 106 valence electrons. The molecule has 2 rings (SSSR count). The number of halogens is 1. The Morgan fingerprint density at radius 1 is 1.35 bits per heavy atom. The third-order valence-corrected chi connectivity index (χ3v) is 2.98. The molecule has 0 aromatic heterocycles. The van der Waals surface area contributed by atoms with E-state index in [4.69, 9.17) is 9.84 Å². The molecule has 0 bridgehead atoms. The van der Waals surface area contributed by atoms with Gasteiger partial charge in [-0.25, -0.2) is 9.18 Å². The molecule has 20 heavy (non-hydrogen) atoms. The third kappa shape index (κ3) is 3.42. The molecule has 0 aliphatic carbocycles. The maximum absolute atomic E-state index is 12.7. The van der Waals surface area contributed by atoms with Gasteiger partial charge in [-0.15, -0.1) is 0 Å². The normalized spacial score (nSPS) is 19.2. The zero-order valence-electron chi connectivity index (χ0n) is 10.7. The molecule has 0 saturated carbocycles. The van der Waals surface area contributed by atoms with Gasteiger partial charge in [0, 0.05) is 12.6 Å². The maximum atomic E-state index is 12.7. The van der Waals surface area contributed by atoms with Crippen molar-refractivity contribution in [2.24, 2.45) is 0 Å². The SMILES string of the molecule is O=C(O)[C@H]1COCCN1C(=O)/C=C\c1ccc(F)cc1. The first-order chi connectivity index (χ1) is 9.58. The van der Waals surface area contributed by atoms with E-state index in [2.05, 4.69) is 0 Å². The Kier molecular flexibility index (Phi) is 4.47. The molecule has 1 aliphatic rings. The molecule has 6 heteroatoms. The lowest BCUT2D eigenvalue weighted by molar-refractivity contribution is -0.156. The minimum atomic E-state index is -1.09. The van der Waals surface area contributed by atoms with Crippen LogP contribution in [0.4, 0.5) is 4.39 Å². The number of rotatable bonds is 3. The molecule has 1 fully saturated rings. The number of amides is 1. The van der Waals surface area contributed by atoms with E-state index in [0.717, 1.165) is 0 Å². The van der Waals surface area contributed by atoms with Crippen molar-refractivity contribution >= 4 is 18.0 Å². The zero-order valence-corrected chi connectivity index (χ0v) is 10.7. The molecule has 1 heterocycles. The molecular weight excluding hydrogens is 265 g/mol. The highest BCUT2D eigenvalue weighted by molar-refractivity contribution is 5.94. The van der Waals surface area contributed by atoms with Gasteiger partial charge in [-0.2, -0.15) is 0 Å². The molecule has 1 atom stereocenters. The molecule has 0 radical (unpaired) electrons. The predicted octanol–water partition coefficient (Wildman–Crippen LogP) is 1.15. The Morgan fingerprint density at radius 2 is 2.05 bits per heavy atom. The van der Waals surface area contributed by atoms with Crippen molar-refractivity contribution in [3.8, 4) is 0 Å². The van der Waals surface area contributed by atoms with E-state index in [1.54, 1.807) is 0 Å². The second kappa shape index (κ2) is 6.29. The van der Waals surface area contributed by atoms with Gasteiger partial charge in [0.25, 0.3) is 0 Å². The van der Waals surface area contributed by atoms with Gasteiger partial charge in [0.15, 0.2) is 6.04 Å². The van der Waals surface area contributed by atoms with Crippen molar-refractivity contribution in [1.29, 1.82) is 0 Å². The highest BCUT2D eigenvalue weighted by atomic mass is 19.1. The summed E-state index contributed by atoms with van der Waals surface area (Å²) >= 11 is 0. The van der Waals surface area contributed by atoms with Crippen LogP contribution >= 0.6 is 0 Å². The van der Waals surface area contributed by atoms with Gasteiger partial charge in [-0.1, -0.05) is 12.1 Å². The van der Waals surface area contributed by atoms with Crippen molar-refractivity contribution in [2.45, 2.75) is 6.04 Å². The first-order valence-corrected chi connectivity index (χ1v) is 6.13. The predicted molar refractivity (Wildman–Crippen MR) is 69.4 cm³/mol. The van der Waals surface area contributed by atoms with Crippen LogP contribution in [0.5, 0.6) is 0 Å². The topological polar surface area (TPSA) is 66.8 Å². The lowest BCUT2D eigenvalue weighted by atomic mass is 10.2. The number of hydrogen-bond donors (Lipinski definition) is 1. The maximum Gasteiger partial charge on any atom is 0.328 e. The van der Waals surface area contributed by atoms with Crippen LogP contribution in [-0.2, 0) is 14.3 Å². The molecule has 1 saturated heterocycles. The molecule has 1 aliphatic heterocycles. The minimum absolute atomic E-state index is 0.00847. The zero-order chi connectivity index (χ0) is 14.5. The molecular formula is C14H14FNO4. The van der Waals surface area contributed by atoms with Gasteiger partial charge >= 0.3 is 5.97 Å². The van der Waals surface area contributed by atoms with Gasteiger partial charge < -0.3 is 14.7 Å². The van der Waals surface area contributed by atoms with Crippen molar-refractivity contribution in [3.63, 3.8) is 0 Å². The van der Waals surface area contributed by atoms with Gasteiger partial charge in [0.2, 0.25) is 5.91 Å². The Bertz CT molecular complexity index is 526. The van der Waals surface area contributed by atoms with Crippen molar-refractivity contribution in [1.82, 2.24) is 4.90 Å². The molecule has 1 aromatic rings. The second-order valence-electron chi connectivity index (χ2n) is 4.35. The quantitative estimate of drug-likeness (QED) is 0.843. The minimum Gasteiger partial charge on any atom is -0.480 e. The van der Waals surface area contributed by atoms with Crippen molar-refractivity contribution in [3.05, 3.63) is 41.7 Å². The van der Waals surface area contributed by atoms with Crippen molar-refractivity contribution < 1.29 is 23.8 Å². The number of carbonyl (C=O) groups is 2. The van der Waals surface area contributed by atoms with Crippen LogP contribution in [0.2, 0.25) is 0 Å². The summed E-state index contributed by atoms with van der Waals surface area (Å²) in [6.07, 6.45) is 2.81. The fourth-order valence-corrected chi connectivity index (χ4v) is 1.91. The third-order valence-electron chi connectivity index (χ3n) is 2.98. The van der Waals surface area contributed by atoms with E-state index in [-0.39, 0.29) is 19.0 Å². The summed E-state index contributed by atoms with van der Waals surface area (Å²) in [4.78, 5) is 24.3. The summed E-state index contributed by atoms with van der Waals surface area (Å²) in [6, 6.07) is 4.69. The van der Waals surface area contributed by atoms with Gasteiger partial charge in [0.05, 0.1) is 13.2 Å². The number of morpholine rings is 1. The molecule has 0 spiro atoms. The summed E-state index contributed by atoms with van der Waals surface area (Å²) in [7, 11) is 0. The number of benzene rings is 1. The highest BCUT2D eigenvalue weighted by Crippen LogP contribution is 2.10. The fourth-order valence-electron chi connectivity index (χ4n) is 1.91. The molecule has 5 nitrogen and oxygen atoms in total. The van der Waals surface area contributed by atoms with E-state index in [0.29, 0.717) is 12.2 Å².